The standard InChI is InChI=1S/C20H17Cl2FN2O2/c1-27-18-8-12(2-4-15(18)13-6-14(23)10-25-9-13)20(26)19(24)11-3-5-16(21)17(22)7-11/h2-10,19-20,26H,24H2,1H3/t19-,20+/m1/s1. The van der Waals surface area contributed by atoms with Crippen molar-refractivity contribution in [2.24, 2.45) is 5.73 Å². The number of nitrogens with zero attached hydrogens (tertiary/aromatic N) is 1. The second kappa shape index (κ2) is 8.23. The topological polar surface area (TPSA) is 68.4 Å². The summed E-state index contributed by atoms with van der Waals surface area (Å²) < 4.78 is 18.9. The van der Waals surface area contributed by atoms with Crippen molar-refractivity contribution < 1.29 is 14.2 Å². The summed E-state index contributed by atoms with van der Waals surface area (Å²) in [6, 6.07) is 10.7. The van der Waals surface area contributed by atoms with Crippen LogP contribution in [-0.2, 0) is 0 Å². The van der Waals surface area contributed by atoms with E-state index >= 15 is 0 Å². The lowest BCUT2D eigenvalue weighted by molar-refractivity contribution is 0.146. The third kappa shape index (κ3) is 4.22. The second-order valence-corrected chi connectivity index (χ2v) is 6.81. The van der Waals surface area contributed by atoms with E-state index in [0.29, 0.717) is 38.0 Å². The summed E-state index contributed by atoms with van der Waals surface area (Å²) in [6.07, 6.45) is 1.67. The number of ether oxygens (including phenoxy) is 1. The molecule has 0 fully saturated rings. The predicted octanol–water partition coefficient (Wildman–Crippen LogP) is 4.94. The van der Waals surface area contributed by atoms with E-state index in [4.69, 9.17) is 33.7 Å². The van der Waals surface area contributed by atoms with Crippen molar-refractivity contribution in [1.29, 1.82) is 0 Å². The molecule has 3 N–H and O–H groups in total. The van der Waals surface area contributed by atoms with Crippen LogP contribution in [0.2, 0.25) is 10.0 Å². The number of benzene rings is 2. The normalized spacial score (nSPS) is 13.3. The first kappa shape index (κ1) is 19.6. The molecule has 3 rings (SSSR count). The summed E-state index contributed by atoms with van der Waals surface area (Å²) in [5.41, 5.74) is 8.63. The third-order valence-corrected chi connectivity index (χ3v) is 4.99. The molecule has 3 aromatic rings. The maximum atomic E-state index is 13.5. The second-order valence-electron chi connectivity index (χ2n) is 6.00. The van der Waals surface area contributed by atoms with Crippen LogP contribution in [0.5, 0.6) is 5.75 Å². The Labute approximate surface area is 166 Å². The average molecular weight is 407 g/mol. The van der Waals surface area contributed by atoms with Gasteiger partial charge in [-0.2, -0.15) is 0 Å². The monoisotopic (exact) mass is 406 g/mol. The molecule has 7 heteroatoms. The molecule has 4 nitrogen and oxygen atoms in total. The molecule has 0 amide bonds. The number of aromatic nitrogens is 1. The third-order valence-electron chi connectivity index (χ3n) is 4.25. The average Bonchev–Trinajstić information content (AvgIpc) is 2.68. The van der Waals surface area contributed by atoms with Crippen LogP contribution in [-0.4, -0.2) is 17.2 Å². The number of aliphatic hydroxyl groups is 1. The van der Waals surface area contributed by atoms with E-state index in [0.717, 1.165) is 6.20 Å². The maximum absolute atomic E-state index is 13.5. The Morgan fingerprint density at radius 3 is 2.44 bits per heavy atom. The van der Waals surface area contributed by atoms with Gasteiger partial charge in [-0.3, -0.25) is 4.98 Å². The highest BCUT2D eigenvalue weighted by Gasteiger charge is 2.21. The van der Waals surface area contributed by atoms with Crippen molar-refractivity contribution in [2.45, 2.75) is 12.1 Å². The number of rotatable bonds is 5. The molecule has 0 radical (unpaired) electrons. The molecule has 27 heavy (non-hydrogen) atoms. The summed E-state index contributed by atoms with van der Waals surface area (Å²) in [4.78, 5) is 3.85. The fraction of sp³-hybridized carbons (Fsp3) is 0.150. The van der Waals surface area contributed by atoms with Crippen molar-refractivity contribution in [3.05, 3.63) is 81.8 Å². The minimum atomic E-state index is -1.00. The van der Waals surface area contributed by atoms with Crippen LogP contribution >= 0.6 is 23.2 Å². The highest BCUT2D eigenvalue weighted by molar-refractivity contribution is 6.42. The first-order valence-electron chi connectivity index (χ1n) is 8.08. The van der Waals surface area contributed by atoms with Crippen molar-refractivity contribution in [1.82, 2.24) is 4.98 Å². The van der Waals surface area contributed by atoms with Gasteiger partial charge in [0.2, 0.25) is 0 Å². The molecule has 1 aromatic heterocycles. The van der Waals surface area contributed by atoms with Crippen molar-refractivity contribution in [2.75, 3.05) is 7.11 Å². The first-order valence-corrected chi connectivity index (χ1v) is 8.83. The first-order chi connectivity index (χ1) is 12.9. The Kier molecular flexibility index (Phi) is 5.97. The molecular weight excluding hydrogens is 390 g/mol. The Bertz CT molecular complexity index is 968. The predicted molar refractivity (Wildman–Crippen MR) is 105 cm³/mol. The Morgan fingerprint density at radius 1 is 1.04 bits per heavy atom. The molecule has 0 bridgehead atoms. The van der Waals surface area contributed by atoms with Gasteiger partial charge in [-0.15, -0.1) is 0 Å². The maximum Gasteiger partial charge on any atom is 0.142 e. The van der Waals surface area contributed by atoms with E-state index in [-0.39, 0.29) is 0 Å². The molecule has 0 unspecified atom stereocenters. The van der Waals surface area contributed by atoms with Gasteiger partial charge < -0.3 is 15.6 Å². The van der Waals surface area contributed by atoms with Gasteiger partial charge in [0.1, 0.15) is 11.6 Å². The van der Waals surface area contributed by atoms with Gasteiger partial charge in [0.15, 0.2) is 0 Å². The number of halogens is 3. The Morgan fingerprint density at radius 2 is 1.78 bits per heavy atom. The van der Waals surface area contributed by atoms with Crippen molar-refractivity contribution in [3.8, 4) is 16.9 Å². The molecule has 2 aromatic carbocycles. The number of pyridine rings is 1. The van der Waals surface area contributed by atoms with Crippen LogP contribution < -0.4 is 10.5 Å². The molecule has 140 valence electrons. The van der Waals surface area contributed by atoms with Crippen LogP contribution in [0.15, 0.2) is 54.9 Å². The van der Waals surface area contributed by atoms with E-state index in [2.05, 4.69) is 4.98 Å². The summed E-state index contributed by atoms with van der Waals surface area (Å²) >= 11 is 12.0. The minimum absolute atomic E-state index is 0.364. The molecule has 0 aliphatic rings. The number of nitrogens with two attached hydrogens (primary N) is 1. The lowest BCUT2D eigenvalue weighted by Gasteiger charge is -2.21. The lowest BCUT2D eigenvalue weighted by atomic mass is 9.94. The van der Waals surface area contributed by atoms with Crippen molar-refractivity contribution in [3.63, 3.8) is 0 Å². The number of hydrogen-bond donors (Lipinski definition) is 2. The lowest BCUT2D eigenvalue weighted by Crippen LogP contribution is -2.19. The van der Waals surface area contributed by atoms with Gasteiger partial charge in [0.05, 0.1) is 35.5 Å². The summed E-state index contributed by atoms with van der Waals surface area (Å²) in [5, 5.41) is 11.5. The van der Waals surface area contributed by atoms with Crippen molar-refractivity contribution >= 4 is 23.2 Å². The molecule has 1 heterocycles. The molecule has 0 aliphatic heterocycles. The summed E-state index contributed by atoms with van der Waals surface area (Å²) in [7, 11) is 1.50. The number of aliphatic hydroxyl groups excluding tert-OH is 1. The summed E-state index contributed by atoms with van der Waals surface area (Å²) in [5.74, 6) is 0.0283. The molecule has 2 atom stereocenters. The fourth-order valence-corrected chi connectivity index (χ4v) is 3.11. The zero-order valence-electron chi connectivity index (χ0n) is 14.4. The van der Waals surface area contributed by atoms with Crippen LogP contribution in [0.4, 0.5) is 4.39 Å². The van der Waals surface area contributed by atoms with Gasteiger partial charge in [0.25, 0.3) is 0 Å². The zero-order valence-corrected chi connectivity index (χ0v) is 15.9. The molecule has 0 spiro atoms. The fourth-order valence-electron chi connectivity index (χ4n) is 2.80. The molecular formula is C20H17Cl2FN2O2. The highest BCUT2D eigenvalue weighted by atomic mass is 35.5. The highest BCUT2D eigenvalue weighted by Crippen LogP contribution is 2.36. The number of hydrogen-bond acceptors (Lipinski definition) is 4. The summed E-state index contributed by atoms with van der Waals surface area (Å²) in [6.45, 7) is 0. The zero-order chi connectivity index (χ0) is 19.6. The quantitative estimate of drug-likeness (QED) is 0.629. The van der Waals surface area contributed by atoms with Crippen LogP contribution in [0, 0.1) is 5.82 Å². The molecule has 0 saturated heterocycles. The van der Waals surface area contributed by atoms with E-state index in [9.17, 15) is 9.50 Å². The van der Waals surface area contributed by atoms with Gasteiger partial charge in [-0.1, -0.05) is 41.4 Å². The van der Waals surface area contributed by atoms with E-state index < -0.39 is 18.0 Å². The minimum Gasteiger partial charge on any atom is -0.496 e. The SMILES string of the molecule is COc1cc([C@H](O)[C@H](N)c2ccc(Cl)c(Cl)c2)ccc1-c1cncc(F)c1. The van der Waals surface area contributed by atoms with Crippen LogP contribution in [0.3, 0.4) is 0 Å². The van der Waals surface area contributed by atoms with Crippen LogP contribution in [0.25, 0.3) is 11.1 Å². The Balaban J connectivity index is 1.93. The van der Waals surface area contributed by atoms with E-state index in [1.807, 2.05) is 0 Å². The molecule has 0 saturated carbocycles. The Hall–Kier alpha value is -2.18. The molecule has 0 aliphatic carbocycles. The smallest absolute Gasteiger partial charge is 0.142 e. The van der Waals surface area contributed by atoms with Gasteiger partial charge in [0, 0.05) is 17.3 Å². The van der Waals surface area contributed by atoms with Gasteiger partial charge in [-0.05, 0) is 35.4 Å². The van der Waals surface area contributed by atoms with Gasteiger partial charge >= 0.3 is 0 Å². The number of methoxy groups -OCH3 is 1. The van der Waals surface area contributed by atoms with Crippen LogP contribution in [0.1, 0.15) is 23.3 Å². The van der Waals surface area contributed by atoms with E-state index in [1.165, 1.54) is 13.2 Å². The van der Waals surface area contributed by atoms with E-state index in [1.54, 1.807) is 42.6 Å². The largest absolute Gasteiger partial charge is 0.496 e. The van der Waals surface area contributed by atoms with Gasteiger partial charge in [-0.25, -0.2) is 4.39 Å².